The number of pyridine rings is 1. The summed E-state index contributed by atoms with van der Waals surface area (Å²) in [7, 11) is 0. The molecular formula is C12H17NO. The second-order valence-electron chi connectivity index (χ2n) is 4.19. The summed E-state index contributed by atoms with van der Waals surface area (Å²) in [6.07, 6.45) is 6.19. The maximum Gasteiger partial charge on any atom is 0.0609 e. The van der Waals surface area contributed by atoms with Gasteiger partial charge in [0.15, 0.2) is 0 Å². The third-order valence-electron chi connectivity index (χ3n) is 3.09. The topological polar surface area (TPSA) is 33.1 Å². The quantitative estimate of drug-likeness (QED) is 0.739. The Morgan fingerprint density at radius 3 is 2.71 bits per heavy atom. The second-order valence-corrected chi connectivity index (χ2v) is 4.19. The van der Waals surface area contributed by atoms with Gasteiger partial charge >= 0.3 is 0 Å². The van der Waals surface area contributed by atoms with E-state index in [4.69, 9.17) is 0 Å². The molecule has 2 heteroatoms. The maximum atomic E-state index is 9.86. The summed E-state index contributed by atoms with van der Waals surface area (Å²) in [6.45, 7) is 1.99. The molecule has 1 N–H and O–H groups in total. The summed E-state index contributed by atoms with van der Waals surface area (Å²) in [5.74, 6) is 0.317. The van der Waals surface area contributed by atoms with E-state index in [9.17, 15) is 5.11 Å². The lowest BCUT2D eigenvalue weighted by Gasteiger charge is -2.27. The standard InChI is InChI=1S/C12H17NO/c1-9-6-7-10(8-13-9)11-4-2-3-5-12(11)14/h6-8,11-12,14H,2-5H2,1H3/t11-,12+/m0/s1. The molecule has 76 valence electrons. The molecule has 1 heterocycles. The highest BCUT2D eigenvalue weighted by Crippen LogP contribution is 2.32. The van der Waals surface area contributed by atoms with Crippen LogP contribution in [-0.4, -0.2) is 16.2 Å². The number of aliphatic hydroxyl groups excluding tert-OH is 1. The van der Waals surface area contributed by atoms with Crippen LogP contribution in [0.3, 0.4) is 0 Å². The summed E-state index contributed by atoms with van der Waals surface area (Å²) < 4.78 is 0. The molecule has 2 nitrogen and oxygen atoms in total. The third kappa shape index (κ3) is 1.95. The van der Waals surface area contributed by atoms with Crippen molar-refractivity contribution in [3.8, 4) is 0 Å². The number of aliphatic hydroxyl groups is 1. The van der Waals surface area contributed by atoms with E-state index in [2.05, 4.69) is 11.1 Å². The Bertz CT molecular complexity index is 294. The highest BCUT2D eigenvalue weighted by molar-refractivity contribution is 5.19. The van der Waals surface area contributed by atoms with Gasteiger partial charge in [0.25, 0.3) is 0 Å². The summed E-state index contributed by atoms with van der Waals surface area (Å²) in [6, 6.07) is 4.12. The molecule has 1 saturated carbocycles. The predicted octanol–water partition coefficient (Wildman–Crippen LogP) is 2.41. The van der Waals surface area contributed by atoms with Gasteiger partial charge in [0.1, 0.15) is 0 Å². The molecule has 0 unspecified atom stereocenters. The molecule has 0 aliphatic heterocycles. The minimum Gasteiger partial charge on any atom is -0.392 e. The maximum absolute atomic E-state index is 9.86. The van der Waals surface area contributed by atoms with Crippen molar-refractivity contribution in [3.63, 3.8) is 0 Å². The average Bonchev–Trinajstić information content (AvgIpc) is 2.20. The zero-order valence-electron chi connectivity index (χ0n) is 8.61. The molecule has 0 amide bonds. The molecule has 0 spiro atoms. The van der Waals surface area contributed by atoms with E-state index in [1.165, 1.54) is 12.0 Å². The molecule has 1 aliphatic rings. The lowest BCUT2D eigenvalue weighted by molar-refractivity contribution is 0.106. The molecule has 1 aromatic heterocycles. The first-order valence-electron chi connectivity index (χ1n) is 5.38. The summed E-state index contributed by atoms with van der Waals surface area (Å²) in [5.41, 5.74) is 2.24. The molecule has 2 atom stereocenters. The van der Waals surface area contributed by atoms with Crippen molar-refractivity contribution in [2.75, 3.05) is 0 Å². The number of hydrogen-bond donors (Lipinski definition) is 1. The number of hydrogen-bond acceptors (Lipinski definition) is 2. The van der Waals surface area contributed by atoms with Gasteiger partial charge in [-0.3, -0.25) is 4.98 Å². The van der Waals surface area contributed by atoms with Crippen LogP contribution in [-0.2, 0) is 0 Å². The molecule has 0 bridgehead atoms. The lowest BCUT2D eigenvalue weighted by Crippen LogP contribution is -2.22. The fourth-order valence-electron chi connectivity index (χ4n) is 2.20. The van der Waals surface area contributed by atoms with Crippen LogP contribution >= 0.6 is 0 Å². The Hall–Kier alpha value is -0.890. The Morgan fingerprint density at radius 2 is 2.07 bits per heavy atom. The largest absolute Gasteiger partial charge is 0.392 e. The third-order valence-corrected chi connectivity index (χ3v) is 3.09. The second kappa shape index (κ2) is 4.09. The molecule has 14 heavy (non-hydrogen) atoms. The molecule has 0 radical (unpaired) electrons. The van der Waals surface area contributed by atoms with Crippen molar-refractivity contribution in [2.24, 2.45) is 0 Å². The first kappa shape index (κ1) is 9.66. The van der Waals surface area contributed by atoms with Crippen LogP contribution in [0, 0.1) is 6.92 Å². The molecule has 2 rings (SSSR count). The fraction of sp³-hybridized carbons (Fsp3) is 0.583. The number of aromatic nitrogens is 1. The van der Waals surface area contributed by atoms with Gasteiger partial charge < -0.3 is 5.11 Å². The van der Waals surface area contributed by atoms with Gasteiger partial charge in [-0.25, -0.2) is 0 Å². The highest BCUT2D eigenvalue weighted by Gasteiger charge is 2.24. The average molecular weight is 191 g/mol. The monoisotopic (exact) mass is 191 g/mol. The van der Waals surface area contributed by atoms with Crippen LogP contribution in [0.2, 0.25) is 0 Å². The SMILES string of the molecule is Cc1ccc([C@@H]2CCCC[C@H]2O)cn1. The number of nitrogens with zero attached hydrogens (tertiary/aromatic N) is 1. The van der Waals surface area contributed by atoms with Gasteiger partial charge in [-0.15, -0.1) is 0 Å². The summed E-state index contributed by atoms with van der Waals surface area (Å²) in [5, 5.41) is 9.86. The number of rotatable bonds is 1. The summed E-state index contributed by atoms with van der Waals surface area (Å²) in [4.78, 5) is 4.28. The van der Waals surface area contributed by atoms with E-state index < -0.39 is 0 Å². The Balaban J connectivity index is 2.16. The molecule has 1 aliphatic carbocycles. The highest BCUT2D eigenvalue weighted by atomic mass is 16.3. The van der Waals surface area contributed by atoms with Gasteiger partial charge in [0, 0.05) is 17.8 Å². The van der Waals surface area contributed by atoms with Gasteiger partial charge in [-0.2, -0.15) is 0 Å². The minimum atomic E-state index is -0.159. The van der Waals surface area contributed by atoms with Crippen molar-refractivity contribution in [3.05, 3.63) is 29.6 Å². The van der Waals surface area contributed by atoms with E-state index in [-0.39, 0.29) is 6.10 Å². The van der Waals surface area contributed by atoms with Crippen molar-refractivity contribution in [1.29, 1.82) is 0 Å². The van der Waals surface area contributed by atoms with Crippen LogP contribution in [0.15, 0.2) is 18.3 Å². The Kier molecular flexibility index (Phi) is 2.82. The van der Waals surface area contributed by atoms with E-state index in [1.807, 2.05) is 19.2 Å². The van der Waals surface area contributed by atoms with Crippen LogP contribution in [0.4, 0.5) is 0 Å². The van der Waals surface area contributed by atoms with Crippen molar-refractivity contribution < 1.29 is 5.11 Å². The summed E-state index contributed by atoms with van der Waals surface area (Å²) >= 11 is 0. The van der Waals surface area contributed by atoms with Gasteiger partial charge in [0.05, 0.1) is 6.10 Å². The molecule has 1 fully saturated rings. The van der Waals surface area contributed by atoms with Crippen LogP contribution in [0.1, 0.15) is 42.9 Å². The Morgan fingerprint density at radius 1 is 1.29 bits per heavy atom. The number of aryl methyl sites for hydroxylation is 1. The van der Waals surface area contributed by atoms with E-state index in [0.29, 0.717) is 5.92 Å². The zero-order chi connectivity index (χ0) is 9.97. The minimum absolute atomic E-state index is 0.159. The normalized spacial score (nSPS) is 27.6. The van der Waals surface area contributed by atoms with Gasteiger partial charge in [-0.05, 0) is 31.4 Å². The van der Waals surface area contributed by atoms with E-state index in [1.54, 1.807) is 0 Å². The Labute approximate surface area is 85.0 Å². The van der Waals surface area contributed by atoms with Crippen LogP contribution in [0.25, 0.3) is 0 Å². The van der Waals surface area contributed by atoms with Crippen molar-refractivity contribution in [2.45, 2.75) is 44.6 Å². The first-order valence-corrected chi connectivity index (χ1v) is 5.38. The predicted molar refractivity (Wildman–Crippen MR) is 56.2 cm³/mol. The smallest absolute Gasteiger partial charge is 0.0609 e. The van der Waals surface area contributed by atoms with E-state index in [0.717, 1.165) is 25.0 Å². The van der Waals surface area contributed by atoms with Gasteiger partial charge in [-0.1, -0.05) is 18.9 Å². The molecule has 0 aromatic carbocycles. The van der Waals surface area contributed by atoms with Crippen molar-refractivity contribution in [1.82, 2.24) is 4.98 Å². The first-order chi connectivity index (χ1) is 6.77. The molecular weight excluding hydrogens is 174 g/mol. The fourth-order valence-corrected chi connectivity index (χ4v) is 2.20. The molecule has 0 saturated heterocycles. The van der Waals surface area contributed by atoms with Crippen LogP contribution in [0.5, 0.6) is 0 Å². The van der Waals surface area contributed by atoms with Crippen LogP contribution < -0.4 is 0 Å². The van der Waals surface area contributed by atoms with Gasteiger partial charge in [0.2, 0.25) is 0 Å². The zero-order valence-corrected chi connectivity index (χ0v) is 8.61. The van der Waals surface area contributed by atoms with Crippen molar-refractivity contribution >= 4 is 0 Å². The lowest BCUT2D eigenvalue weighted by atomic mass is 9.82. The molecule has 1 aromatic rings. The van der Waals surface area contributed by atoms with E-state index >= 15 is 0 Å².